The molecule has 0 saturated heterocycles. The summed E-state index contributed by atoms with van der Waals surface area (Å²) in [5.74, 6) is 0.225. The fourth-order valence-corrected chi connectivity index (χ4v) is 2.30. The van der Waals surface area contributed by atoms with Crippen LogP contribution in [-0.4, -0.2) is 32.1 Å². The van der Waals surface area contributed by atoms with E-state index in [4.69, 9.17) is 4.74 Å². The molecule has 1 heterocycles. The van der Waals surface area contributed by atoms with Crippen molar-refractivity contribution < 1.29 is 14.2 Å². The molecule has 0 radical (unpaired) electrons. The second-order valence-electron chi connectivity index (χ2n) is 6.45. The number of halogens is 1. The van der Waals surface area contributed by atoms with Crippen molar-refractivity contribution in [1.82, 2.24) is 14.8 Å². The molecule has 22 heavy (non-hydrogen) atoms. The Labute approximate surface area is 129 Å². The quantitative estimate of drug-likeness (QED) is 0.922. The van der Waals surface area contributed by atoms with Gasteiger partial charge in [-0.2, -0.15) is 5.10 Å². The zero-order chi connectivity index (χ0) is 16.3. The Bertz CT molecular complexity index is 578. The molecule has 0 amide bonds. The van der Waals surface area contributed by atoms with E-state index in [0.717, 1.165) is 0 Å². The summed E-state index contributed by atoms with van der Waals surface area (Å²) in [6.07, 6.45) is 1.92. The lowest BCUT2D eigenvalue weighted by Crippen LogP contribution is -2.43. The van der Waals surface area contributed by atoms with Crippen molar-refractivity contribution in [1.29, 1.82) is 0 Å². The number of aliphatic hydroxyl groups is 1. The van der Waals surface area contributed by atoms with E-state index in [2.05, 4.69) is 10.1 Å². The largest absolute Gasteiger partial charge is 0.488 e. The molecule has 0 spiro atoms. The van der Waals surface area contributed by atoms with Crippen molar-refractivity contribution in [3.8, 4) is 5.75 Å². The van der Waals surface area contributed by atoms with Gasteiger partial charge in [0.1, 0.15) is 36.4 Å². The van der Waals surface area contributed by atoms with Gasteiger partial charge in [0, 0.05) is 0 Å². The average Bonchev–Trinajstić information content (AvgIpc) is 2.94. The van der Waals surface area contributed by atoms with Crippen LogP contribution >= 0.6 is 0 Å². The molecule has 3 atom stereocenters. The molecule has 2 rings (SSSR count). The molecule has 0 aliphatic carbocycles. The smallest absolute Gasteiger partial charge is 0.137 e. The molecule has 5 nitrogen and oxygen atoms in total. The van der Waals surface area contributed by atoms with Gasteiger partial charge in [0.15, 0.2) is 0 Å². The fraction of sp³-hybridized carbons (Fsp3) is 0.500. The standard InChI is InChI=1S/C16H22FN3O2/c1-11(22-13-7-5-12(17)6-8-13)14(15(21)16(2,3)4)20-10-18-9-19-20/h5-11,14-15,21H,1-4H3. The Morgan fingerprint density at radius 2 is 1.86 bits per heavy atom. The van der Waals surface area contributed by atoms with E-state index in [1.165, 1.54) is 18.5 Å². The molecule has 6 heteroatoms. The van der Waals surface area contributed by atoms with Crippen molar-refractivity contribution in [3.05, 3.63) is 42.7 Å². The third kappa shape index (κ3) is 3.82. The van der Waals surface area contributed by atoms with E-state index < -0.39 is 12.1 Å². The van der Waals surface area contributed by atoms with Gasteiger partial charge in [0.2, 0.25) is 0 Å². The molecule has 0 aliphatic rings. The highest BCUT2D eigenvalue weighted by Crippen LogP contribution is 2.31. The maximum absolute atomic E-state index is 13.0. The lowest BCUT2D eigenvalue weighted by Gasteiger charge is -2.36. The minimum atomic E-state index is -0.690. The van der Waals surface area contributed by atoms with Gasteiger partial charge in [-0.05, 0) is 36.6 Å². The lowest BCUT2D eigenvalue weighted by atomic mass is 9.83. The molecule has 0 saturated carbocycles. The van der Waals surface area contributed by atoms with E-state index in [1.807, 2.05) is 27.7 Å². The second kappa shape index (κ2) is 6.44. The number of hydrogen-bond donors (Lipinski definition) is 1. The predicted octanol–water partition coefficient (Wildman–Crippen LogP) is 2.83. The minimum absolute atomic E-state index is 0.317. The van der Waals surface area contributed by atoms with Crippen LogP contribution in [0.2, 0.25) is 0 Å². The summed E-state index contributed by atoms with van der Waals surface area (Å²) >= 11 is 0. The first-order valence-electron chi connectivity index (χ1n) is 7.23. The fourth-order valence-electron chi connectivity index (χ4n) is 2.30. The summed E-state index contributed by atoms with van der Waals surface area (Å²) in [6, 6.07) is 5.40. The molecule has 0 fully saturated rings. The number of nitrogens with zero attached hydrogens (tertiary/aromatic N) is 3. The molecule has 0 bridgehead atoms. The molecule has 1 N–H and O–H groups in total. The Kier molecular flexibility index (Phi) is 4.81. The molecule has 3 unspecified atom stereocenters. The highest BCUT2D eigenvalue weighted by Gasteiger charge is 2.37. The molecule has 1 aromatic carbocycles. The molecule has 0 aliphatic heterocycles. The van der Waals surface area contributed by atoms with Gasteiger partial charge in [0.25, 0.3) is 0 Å². The Balaban J connectivity index is 2.23. The van der Waals surface area contributed by atoms with Gasteiger partial charge >= 0.3 is 0 Å². The number of aromatic nitrogens is 3. The van der Waals surface area contributed by atoms with Crippen LogP contribution in [-0.2, 0) is 0 Å². The SMILES string of the molecule is CC(Oc1ccc(F)cc1)C(C(O)C(C)(C)C)n1cncn1. The number of aliphatic hydroxyl groups excluding tert-OH is 1. The van der Waals surface area contributed by atoms with Crippen LogP contribution in [0.25, 0.3) is 0 Å². The van der Waals surface area contributed by atoms with Crippen molar-refractivity contribution in [2.24, 2.45) is 5.41 Å². The number of rotatable bonds is 5. The summed E-state index contributed by atoms with van der Waals surface area (Å²) in [7, 11) is 0. The van der Waals surface area contributed by atoms with Crippen LogP contribution in [0.4, 0.5) is 4.39 Å². The van der Waals surface area contributed by atoms with Gasteiger partial charge in [-0.1, -0.05) is 20.8 Å². The zero-order valence-electron chi connectivity index (χ0n) is 13.3. The van der Waals surface area contributed by atoms with Crippen LogP contribution < -0.4 is 4.74 Å². The number of ether oxygens (including phenoxy) is 1. The summed E-state index contributed by atoms with van der Waals surface area (Å²) in [6.45, 7) is 7.70. The van der Waals surface area contributed by atoms with Gasteiger partial charge in [-0.15, -0.1) is 0 Å². The molecule has 120 valence electrons. The van der Waals surface area contributed by atoms with Crippen LogP contribution in [0.3, 0.4) is 0 Å². The van der Waals surface area contributed by atoms with Gasteiger partial charge in [-0.25, -0.2) is 14.1 Å². The van der Waals surface area contributed by atoms with E-state index in [1.54, 1.807) is 23.1 Å². The summed E-state index contributed by atoms with van der Waals surface area (Å²) in [5, 5.41) is 14.8. The minimum Gasteiger partial charge on any atom is -0.488 e. The number of benzene rings is 1. The summed E-state index contributed by atoms with van der Waals surface area (Å²) in [4.78, 5) is 3.94. The van der Waals surface area contributed by atoms with E-state index in [9.17, 15) is 9.50 Å². The molecule has 2 aromatic rings. The first kappa shape index (κ1) is 16.4. The van der Waals surface area contributed by atoms with Crippen molar-refractivity contribution in [3.63, 3.8) is 0 Å². The molecule has 1 aromatic heterocycles. The van der Waals surface area contributed by atoms with Crippen molar-refractivity contribution in [2.75, 3.05) is 0 Å². The van der Waals surface area contributed by atoms with Crippen LogP contribution in [0.1, 0.15) is 33.7 Å². The van der Waals surface area contributed by atoms with Gasteiger partial charge in [-0.3, -0.25) is 0 Å². The normalized spacial score (nSPS) is 16.1. The third-order valence-electron chi connectivity index (χ3n) is 3.57. The second-order valence-corrected chi connectivity index (χ2v) is 6.45. The first-order chi connectivity index (χ1) is 10.3. The van der Waals surface area contributed by atoms with Crippen molar-refractivity contribution in [2.45, 2.75) is 45.9 Å². The van der Waals surface area contributed by atoms with Crippen LogP contribution in [0.15, 0.2) is 36.9 Å². The average molecular weight is 307 g/mol. The first-order valence-corrected chi connectivity index (χ1v) is 7.23. The third-order valence-corrected chi connectivity index (χ3v) is 3.57. The highest BCUT2D eigenvalue weighted by molar-refractivity contribution is 5.22. The molecular weight excluding hydrogens is 285 g/mol. The van der Waals surface area contributed by atoms with Crippen molar-refractivity contribution >= 4 is 0 Å². The predicted molar refractivity (Wildman–Crippen MR) is 81.0 cm³/mol. The van der Waals surface area contributed by atoms with Crippen LogP contribution in [0.5, 0.6) is 5.75 Å². The maximum atomic E-state index is 13.0. The van der Waals surface area contributed by atoms with Crippen LogP contribution in [0, 0.1) is 11.2 Å². The maximum Gasteiger partial charge on any atom is 0.137 e. The topological polar surface area (TPSA) is 60.2 Å². The van der Waals surface area contributed by atoms with E-state index in [0.29, 0.717) is 5.75 Å². The highest BCUT2D eigenvalue weighted by atomic mass is 19.1. The van der Waals surface area contributed by atoms with Gasteiger partial charge in [0.05, 0.1) is 6.10 Å². The zero-order valence-corrected chi connectivity index (χ0v) is 13.3. The van der Waals surface area contributed by atoms with Gasteiger partial charge < -0.3 is 9.84 Å². The van der Waals surface area contributed by atoms with E-state index in [-0.39, 0.29) is 17.3 Å². The lowest BCUT2D eigenvalue weighted by molar-refractivity contribution is -0.0281. The van der Waals surface area contributed by atoms with E-state index >= 15 is 0 Å². The Morgan fingerprint density at radius 3 is 2.36 bits per heavy atom. The Hall–Kier alpha value is -1.95. The Morgan fingerprint density at radius 1 is 1.23 bits per heavy atom. The monoisotopic (exact) mass is 307 g/mol. The summed E-state index contributed by atoms with van der Waals surface area (Å²) < 4.78 is 20.4. The summed E-state index contributed by atoms with van der Waals surface area (Å²) in [5.41, 5.74) is -0.350. The molecular formula is C16H22FN3O2. The number of hydrogen-bond acceptors (Lipinski definition) is 4.